The minimum Gasteiger partial charge on any atom is -0.465 e. The van der Waals surface area contributed by atoms with E-state index in [-0.39, 0.29) is 17.3 Å². The van der Waals surface area contributed by atoms with Gasteiger partial charge in [0.25, 0.3) is 0 Å². The van der Waals surface area contributed by atoms with Gasteiger partial charge in [0.2, 0.25) is 0 Å². The molecule has 3 fully saturated rings. The first kappa shape index (κ1) is 15.6. The van der Waals surface area contributed by atoms with Gasteiger partial charge in [-0.3, -0.25) is 0 Å². The van der Waals surface area contributed by atoms with Crippen LogP contribution < -0.4 is 0 Å². The lowest BCUT2D eigenvalue weighted by molar-refractivity contribution is -0.297. The molecule has 3 aliphatic rings. The molecule has 3 rings (SSSR count). The van der Waals surface area contributed by atoms with Gasteiger partial charge in [-0.2, -0.15) is 0 Å². The summed E-state index contributed by atoms with van der Waals surface area (Å²) in [5.74, 6) is 0.00688. The molecule has 0 aromatic rings. The molecule has 0 aromatic carbocycles. The maximum Gasteiger partial charge on any atom is 0.417 e. The van der Waals surface area contributed by atoms with Crippen molar-refractivity contribution in [3.8, 4) is 0 Å². The highest BCUT2D eigenvalue weighted by molar-refractivity contribution is 5.86. The highest BCUT2D eigenvalue weighted by Crippen LogP contribution is 2.53. The number of carbonyl (C=O) groups is 2. The van der Waals surface area contributed by atoms with Crippen molar-refractivity contribution in [2.24, 2.45) is 17.3 Å². The maximum absolute atomic E-state index is 11.1. The molecule has 2 saturated carbocycles. The summed E-state index contributed by atoms with van der Waals surface area (Å²) in [4.78, 5) is 22.8. The molecule has 2 N–H and O–H groups in total. The fourth-order valence-electron chi connectivity index (χ4n) is 4.14. The van der Waals surface area contributed by atoms with Crippen molar-refractivity contribution in [3.05, 3.63) is 0 Å². The SMILES string of the molecule is CC1(C)COC2(C[C@H]3C[C@H](N(C(=O)O)C(=O)O)C[C@H]3C2)OC1. The van der Waals surface area contributed by atoms with E-state index in [9.17, 15) is 9.59 Å². The van der Waals surface area contributed by atoms with Gasteiger partial charge in [-0.1, -0.05) is 13.8 Å². The van der Waals surface area contributed by atoms with Crippen LogP contribution in [0.25, 0.3) is 0 Å². The lowest BCUT2D eigenvalue weighted by atomic mass is 9.94. The van der Waals surface area contributed by atoms with Crippen LogP contribution in [0.4, 0.5) is 9.59 Å². The summed E-state index contributed by atoms with van der Waals surface area (Å²) in [5, 5.41) is 18.1. The molecule has 3 atom stereocenters. The van der Waals surface area contributed by atoms with Crippen molar-refractivity contribution >= 4 is 12.2 Å². The lowest BCUT2D eigenvalue weighted by Crippen LogP contribution is -2.47. The van der Waals surface area contributed by atoms with Gasteiger partial charge < -0.3 is 19.7 Å². The Morgan fingerprint density at radius 1 is 1.00 bits per heavy atom. The summed E-state index contributed by atoms with van der Waals surface area (Å²) in [7, 11) is 0. The fraction of sp³-hybridized carbons (Fsp3) is 0.867. The monoisotopic (exact) mass is 313 g/mol. The molecule has 0 radical (unpaired) electrons. The van der Waals surface area contributed by atoms with Crippen molar-refractivity contribution in [3.63, 3.8) is 0 Å². The Hall–Kier alpha value is -1.34. The first-order chi connectivity index (χ1) is 10.2. The van der Waals surface area contributed by atoms with Gasteiger partial charge >= 0.3 is 12.2 Å². The van der Waals surface area contributed by atoms with E-state index in [1.54, 1.807) is 0 Å². The molecule has 1 saturated heterocycles. The summed E-state index contributed by atoms with van der Waals surface area (Å²) in [5.41, 5.74) is 0.0227. The first-order valence-corrected chi connectivity index (χ1v) is 7.74. The second-order valence-corrected chi connectivity index (χ2v) is 7.64. The topological polar surface area (TPSA) is 96.3 Å². The number of carboxylic acid groups (broad SMARTS) is 2. The minimum atomic E-state index is -1.39. The fourth-order valence-corrected chi connectivity index (χ4v) is 4.14. The van der Waals surface area contributed by atoms with Crippen molar-refractivity contribution in [1.82, 2.24) is 4.90 Å². The zero-order valence-electron chi connectivity index (χ0n) is 12.9. The third-order valence-electron chi connectivity index (χ3n) is 5.19. The number of nitrogens with zero attached hydrogens (tertiary/aromatic N) is 1. The van der Waals surface area contributed by atoms with Crippen LogP contribution in [0.15, 0.2) is 0 Å². The van der Waals surface area contributed by atoms with E-state index < -0.39 is 24.0 Å². The first-order valence-electron chi connectivity index (χ1n) is 7.74. The molecule has 1 heterocycles. The van der Waals surface area contributed by atoms with Crippen LogP contribution in [0.3, 0.4) is 0 Å². The maximum atomic E-state index is 11.1. The van der Waals surface area contributed by atoms with Gasteiger partial charge in [0.15, 0.2) is 5.79 Å². The quantitative estimate of drug-likeness (QED) is 0.772. The lowest BCUT2D eigenvalue weighted by Gasteiger charge is -2.42. The van der Waals surface area contributed by atoms with Crippen molar-refractivity contribution in [2.45, 2.75) is 51.4 Å². The van der Waals surface area contributed by atoms with E-state index in [1.807, 2.05) is 0 Å². The van der Waals surface area contributed by atoms with E-state index in [4.69, 9.17) is 19.7 Å². The number of fused-ring (bicyclic) bond motifs is 1. The predicted octanol–water partition coefficient (Wildman–Crippen LogP) is 2.60. The number of ether oxygens (including phenoxy) is 2. The van der Waals surface area contributed by atoms with Crippen LogP contribution in [0, 0.1) is 17.3 Å². The van der Waals surface area contributed by atoms with Gasteiger partial charge in [0.1, 0.15) is 0 Å². The Morgan fingerprint density at radius 3 is 1.86 bits per heavy atom. The molecule has 7 heteroatoms. The summed E-state index contributed by atoms with van der Waals surface area (Å²) in [6, 6.07) is -0.442. The Bertz CT molecular complexity index is 450. The molecule has 124 valence electrons. The summed E-state index contributed by atoms with van der Waals surface area (Å²) >= 11 is 0. The average Bonchev–Trinajstić information content (AvgIpc) is 2.88. The second kappa shape index (κ2) is 5.09. The van der Waals surface area contributed by atoms with Crippen molar-refractivity contribution < 1.29 is 29.3 Å². The molecule has 7 nitrogen and oxygen atoms in total. The molecular weight excluding hydrogens is 290 g/mol. The van der Waals surface area contributed by atoms with Crippen molar-refractivity contribution in [1.29, 1.82) is 0 Å². The third-order valence-corrected chi connectivity index (χ3v) is 5.19. The smallest absolute Gasteiger partial charge is 0.417 e. The van der Waals surface area contributed by atoms with Crippen LogP contribution in [-0.2, 0) is 9.47 Å². The molecule has 2 amide bonds. The van der Waals surface area contributed by atoms with Crippen LogP contribution in [-0.4, -0.2) is 52.3 Å². The second-order valence-electron chi connectivity index (χ2n) is 7.64. The van der Waals surface area contributed by atoms with Gasteiger partial charge in [-0.05, 0) is 24.7 Å². The van der Waals surface area contributed by atoms with Crippen LogP contribution >= 0.6 is 0 Å². The Kier molecular flexibility index (Phi) is 3.60. The van der Waals surface area contributed by atoms with E-state index in [1.165, 1.54) is 0 Å². The van der Waals surface area contributed by atoms with E-state index in [2.05, 4.69) is 13.8 Å². The third kappa shape index (κ3) is 2.67. The predicted molar refractivity (Wildman–Crippen MR) is 75.5 cm³/mol. The number of imide groups is 1. The Morgan fingerprint density at radius 2 is 1.45 bits per heavy atom. The highest BCUT2D eigenvalue weighted by Gasteiger charge is 2.55. The standard InChI is InChI=1S/C15H23NO6/c1-14(2)7-21-15(22-8-14)5-9-3-11(4-10(9)6-15)16(12(17)18)13(19)20/h9-11H,3-8H2,1-2H3,(H,17,18)(H,19,20)/t9-,10+,11+. The Balaban J connectivity index is 1.63. The number of hydrogen-bond donors (Lipinski definition) is 2. The van der Waals surface area contributed by atoms with Gasteiger partial charge in [-0.25, -0.2) is 14.5 Å². The van der Waals surface area contributed by atoms with Crippen LogP contribution in [0.2, 0.25) is 0 Å². The van der Waals surface area contributed by atoms with E-state index >= 15 is 0 Å². The number of amides is 2. The summed E-state index contributed by atoms with van der Waals surface area (Å²) < 4.78 is 12.0. The molecule has 1 aliphatic heterocycles. The molecule has 0 bridgehead atoms. The van der Waals surface area contributed by atoms with Crippen LogP contribution in [0.1, 0.15) is 39.5 Å². The summed E-state index contributed by atoms with van der Waals surface area (Å²) in [6.07, 6.45) is -0.171. The minimum absolute atomic E-state index is 0.0227. The highest BCUT2D eigenvalue weighted by atomic mass is 16.7. The summed E-state index contributed by atoms with van der Waals surface area (Å²) in [6.45, 7) is 5.52. The normalized spacial score (nSPS) is 35.3. The van der Waals surface area contributed by atoms with Gasteiger partial charge in [0.05, 0.1) is 13.2 Å². The van der Waals surface area contributed by atoms with Gasteiger partial charge in [-0.15, -0.1) is 0 Å². The van der Waals surface area contributed by atoms with E-state index in [0.717, 1.165) is 12.8 Å². The molecular formula is C15H23NO6. The molecule has 1 spiro atoms. The Labute approximate surface area is 129 Å². The zero-order chi connectivity index (χ0) is 16.1. The average molecular weight is 313 g/mol. The zero-order valence-corrected chi connectivity index (χ0v) is 12.9. The van der Waals surface area contributed by atoms with Crippen molar-refractivity contribution in [2.75, 3.05) is 13.2 Å². The molecule has 0 unspecified atom stereocenters. The molecule has 2 aliphatic carbocycles. The number of hydrogen-bond acceptors (Lipinski definition) is 4. The molecule has 0 aromatic heterocycles. The largest absolute Gasteiger partial charge is 0.465 e. The molecule has 22 heavy (non-hydrogen) atoms. The van der Waals surface area contributed by atoms with Gasteiger partial charge in [0, 0.05) is 24.3 Å². The van der Waals surface area contributed by atoms with E-state index in [0.29, 0.717) is 31.0 Å². The number of rotatable bonds is 1. The van der Waals surface area contributed by atoms with Crippen LogP contribution in [0.5, 0.6) is 0 Å².